The van der Waals surface area contributed by atoms with Gasteiger partial charge in [0.25, 0.3) is 0 Å². The number of nitrogens with one attached hydrogen (secondary N) is 2. The van der Waals surface area contributed by atoms with Crippen molar-refractivity contribution in [3.8, 4) is 0 Å². The van der Waals surface area contributed by atoms with Gasteiger partial charge in [-0.3, -0.25) is 9.79 Å². The number of alkyl halides is 3. The van der Waals surface area contributed by atoms with Gasteiger partial charge in [-0.2, -0.15) is 17.5 Å². The first-order chi connectivity index (χ1) is 16.3. The first-order valence-corrected chi connectivity index (χ1v) is 13.3. The number of hydrogen-bond acceptors (Lipinski definition) is 5. The Morgan fingerprint density at radius 3 is 2.33 bits per heavy atom. The summed E-state index contributed by atoms with van der Waals surface area (Å²) in [7, 11) is -3.69. The molecule has 0 saturated heterocycles. The Hall–Kier alpha value is -2.11. The van der Waals surface area contributed by atoms with Crippen molar-refractivity contribution >= 4 is 33.4 Å². The Labute approximate surface area is 216 Å². The van der Waals surface area contributed by atoms with Gasteiger partial charge in [0.2, 0.25) is 15.9 Å². The van der Waals surface area contributed by atoms with Crippen molar-refractivity contribution in [2.75, 3.05) is 13.1 Å². The molecule has 2 N–H and O–H groups in total. The maximum atomic E-state index is 13.3. The maximum Gasteiger partial charge on any atom is 0.390 e. The van der Waals surface area contributed by atoms with E-state index < -0.39 is 51.4 Å². The van der Waals surface area contributed by atoms with Crippen LogP contribution in [0, 0.1) is 0 Å². The fourth-order valence-electron chi connectivity index (χ4n) is 3.53. The molecule has 2 rings (SSSR count). The van der Waals surface area contributed by atoms with E-state index in [1.807, 2.05) is 0 Å². The van der Waals surface area contributed by atoms with Gasteiger partial charge in [0.1, 0.15) is 5.84 Å². The van der Waals surface area contributed by atoms with Gasteiger partial charge in [-0.15, -0.1) is 0 Å². The van der Waals surface area contributed by atoms with E-state index in [1.54, 1.807) is 58.9 Å². The molecule has 1 atom stereocenters. The van der Waals surface area contributed by atoms with Crippen molar-refractivity contribution in [2.45, 2.75) is 76.5 Å². The zero-order chi connectivity index (χ0) is 27.5. The molecule has 7 nitrogen and oxygen atoms in total. The first kappa shape index (κ1) is 30.1. The molecule has 0 radical (unpaired) electrons. The Morgan fingerprint density at radius 1 is 1.22 bits per heavy atom. The lowest BCUT2D eigenvalue weighted by Gasteiger charge is -2.30. The molecule has 0 aliphatic carbocycles. The summed E-state index contributed by atoms with van der Waals surface area (Å²) < 4.78 is 64.1. The van der Waals surface area contributed by atoms with E-state index in [-0.39, 0.29) is 19.5 Å². The standard InChI is InChI=1S/C24H34ClF3N4O3S/c1-16(20-30-19(23(5,6)31-20)21(33)29-13-12-24(26,27)28)11-14-32(36(34,35)22(2,3)4)15-17-7-9-18(25)10-8-17/h7-10,19H,1,11-15H2,2-6H3,(H,29,33)(H,30,31)/t19-/m0/s1. The van der Waals surface area contributed by atoms with Crippen LogP contribution in [0.25, 0.3) is 0 Å². The number of rotatable bonds is 10. The van der Waals surface area contributed by atoms with Gasteiger partial charge in [0.15, 0.2) is 6.04 Å². The third-order valence-electron chi connectivity index (χ3n) is 5.72. The van der Waals surface area contributed by atoms with Crippen molar-refractivity contribution in [1.82, 2.24) is 14.9 Å². The molecule has 0 spiro atoms. The fraction of sp³-hybridized carbons (Fsp3) is 0.583. The van der Waals surface area contributed by atoms with Crippen LogP contribution >= 0.6 is 11.6 Å². The van der Waals surface area contributed by atoms with Crippen molar-refractivity contribution in [1.29, 1.82) is 0 Å². The third kappa shape index (κ3) is 7.94. The monoisotopic (exact) mass is 550 g/mol. The zero-order valence-electron chi connectivity index (χ0n) is 21.2. The van der Waals surface area contributed by atoms with Crippen LogP contribution in [-0.2, 0) is 21.4 Å². The average Bonchev–Trinajstić information content (AvgIpc) is 3.05. The number of carbonyl (C=O) groups is 1. The smallest absolute Gasteiger partial charge is 0.363 e. The van der Waals surface area contributed by atoms with E-state index >= 15 is 0 Å². The quantitative estimate of drug-likeness (QED) is 0.451. The van der Waals surface area contributed by atoms with E-state index in [4.69, 9.17) is 11.6 Å². The molecule has 1 amide bonds. The summed E-state index contributed by atoms with van der Waals surface area (Å²) in [5.41, 5.74) is 0.394. The van der Waals surface area contributed by atoms with E-state index in [0.717, 1.165) is 5.56 Å². The largest absolute Gasteiger partial charge is 0.390 e. The molecular weight excluding hydrogens is 517 g/mol. The maximum absolute atomic E-state index is 13.3. The molecule has 0 bridgehead atoms. The predicted octanol–water partition coefficient (Wildman–Crippen LogP) is 4.43. The van der Waals surface area contributed by atoms with Crippen LogP contribution in [-0.4, -0.2) is 60.1 Å². The van der Waals surface area contributed by atoms with E-state index in [2.05, 4.69) is 22.2 Å². The number of amides is 1. The number of halogens is 4. The van der Waals surface area contributed by atoms with Crippen LogP contribution in [0.1, 0.15) is 53.0 Å². The number of hydrogen-bond donors (Lipinski definition) is 2. The molecule has 12 heteroatoms. The molecular formula is C24H34ClF3N4O3S. The summed E-state index contributed by atoms with van der Waals surface area (Å²) in [6, 6.07) is 5.94. The Balaban J connectivity index is 2.14. The molecule has 1 aliphatic heterocycles. The Morgan fingerprint density at radius 2 is 1.81 bits per heavy atom. The number of amidine groups is 1. The minimum absolute atomic E-state index is 0.116. The summed E-state index contributed by atoms with van der Waals surface area (Å²) in [5, 5.41) is 5.93. The predicted molar refractivity (Wildman–Crippen MR) is 136 cm³/mol. The van der Waals surface area contributed by atoms with Crippen molar-refractivity contribution in [2.24, 2.45) is 4.99 Å². The highest BCUT2D eigenvalue weighted by Gasteiger charge is 2.42. The minimum atomic E-state index is -4.37. The summed E-state index contributed by atoms with van der Waals surface area (Å²) in [4.78, 5) is 16.9. The molecule has 202 valence electrons. The lowest BCUT2D eigenvalue weighted by Crippen LogP contribution is -2.51. The van der Waals surface area contributed by atoms with Crippen LogP contribution in [0.3, 0.4) is 0 Å². The van der Waals surface area contributed by atoms with Crippen molar-refractivity contribution in [3.05, 3.63) is 47.0 Å². The number of benzene rings is 1. The fourth-order valence-corrected chi connectivity index (χ4v) is 5.08. The van der Waals surface area contributed by atoms with Crippen molar-refractivity contribution < 1.29 is 26.4 Å². The van der Waals surface area contributed by atoms with Crippen LogP contribution in [0.2, 0.25) is 5.02 Å². The summed E-state index contributed by atoms with van der Waals surface area (Å²) >= 11 is 5.95. The lowest BCUT2D eigenvalue weighted by atomic mass is 9.96. The van der Waals surface area contributed by atoms with Gasteiger partial charge in [0.05, 0.1) is 16.7 Å². The second-order valence-corrected chi connectivity index (χ2v) is 13.4. The molecule has 0 saturated carbocycles. The summed E-state index contributed by atoms with van der Waals surface area (Å²) in [6.45, 7) is 12.0. The number of sulfonamides is 1. The molecule has 1 aromatic carbocycles. The third-order valence-corrected chi connectivity index (χ3v) is 8.51. The lowest BCUT2D eigenvalue weighted by molar-refractivity contribution is -0.136. The molecule has 1 aromatic rings. The molecule has 0 aromatic heterocycles. The van der Waals surface area contributed by atoms with Gasteiger partial charge in [-0.1, -0.05) is 30.3 Å². The minimum Gasteiger partial charge on any atom is -0.363 e. The number of nitrogens with zero attached hydrogens (tertiary/aromatic N) is 2. The van der Waals surface area contributed by atoms with Gasteiger partial charge in [-0.25, -0.2) is 8.42 Å². The second-order valence-electron chi connectivity index (χ2n) is 10.3. The van der Waals surface area contributed by atoms with Gasteiger partial charge < -0.3 is 10.6 Å². The highest BCUT2D eigenvalue weighted by atomic mass is 35.5. The van der Waals surface area contributed by atoms with E-state index in [1.165, 1.54) is 4.31 Å². The average molecular weight is 551 g/mol. The number of carbonyl (C=O) groups excluding carboxylic acids is 1. The Kier molecular flexibility index (Phi) is 9.29. The van der Waals surface area contributed by atoms with Crippen LogP contribution in [0.5, 0.6) is 0 Å². The van der Waals surface area contributed by atoms with Gasteiger partial charge in [-0.05, 0) is 64.3 Å². The first-order valence-electron chi connectivity index (χ1n) is 11.5. The SMILES string of the molecule is C=C(CCN(Cc1ccc(Cl)cc1)S(=O)(=O)C(C)(C)C)C1=N[C@@H](C(=O)NCCC(F)(F)F)C(C)(C)N1. The van der Waals surface area contributed by atoms with Gasteiger partial charge >= 0.3 is 6.18 Å². The summed E-state index contributed by atoms with van der Waals surface area (Å²) in [6.07, 6.45) is -5.27. The van der Waals surface area contributed by atoms with Crippen LogP contribution < -0.4 is 10.6 Å². The van der Waals surface area contributed by atoms with E-state index in [0.29, 0.717) is 16.4 Å². The molecule has 36 heavy (non-hydrogen) atoms. The second kappa shape index (κ2) is 11.1. The van der Waals surface area contributed by atoms with Gasteiger partial charge in [0, 0.05) is 24.7 Å². The molecule has 1 heterocycles. The topological polar surface area (TPSA) is 90.9 Å². The normalized spacial score (nSPS) is 18.1. The molecule has 0 unspecified atom stereocenters. The molecule has 0 fully saturated rings. The zero-order valence-corrected chi connectivity index (χ0v) is 22.7. The Bertz CT molecular complexity index is 1100. The highest BCUT2D eigenvalue weighted by molar-refractivity contribution is 7.90. The highest BCUT2D eigenvalue weighted by Crippen LogP contribution is 2.26. The molecule has 1 aliphatic rings. The van der Waals surface area contributed by atoms with E-state index in [9.17, 15) is 26.4 Å². The van der Waals surface area contributed by atoms with Crippen LogP contribution in [0.4, 0.5) is 13.2 Å². The number of aliphatic imine (C=N–C) groups is 1. The van der Waals surface area contributed by atoms with Crippen LogP contribution in [0.15, 0.2) is 41.4 Å². The summed E-state index contributed by atoms with van der Waals surface area (Å²) in [5.74, 6) is -0.296. The van der Waals surface area contributed by atoms with Crippen molar-refractivity contribution in [3.63, 3.8) is 0 Å².